The van der Waals surface area contributed by atoms with E-state index in [9.17, 15) is 24.0 Å². The maximum atomic E-state index is 14.5. The summed E-state index contributed by atoms with van der Waals surface area (Å²) in [5.41, 5.74) is -0.304. The van der Waals surface area contributed by atoms with Crippen molar-refractivity contribution in [2.75, 3.05) is 13.7 Å². The molecule has 0 radical (unpaired) electrons. The Morgan fingerprint density at radius 3 is 1.91 bits per heavy atom. The molecule has 8 atom stereocenters. The number of ether oxygens (including phenoxy) is 4. The minimum atomic E-state index is -2.45. The van der Waals surface area contributed by atoms with Crippen molar-refractivity contribution in [1.82, 2.24) is 20.9 Å². The number of methoxy groups -OCH3 is 1. The Bertz CT molecular complexity index is 1980. The number of rotatable bonds is 18. The maximum Gasteiger partial charge on any atom is 0.411 e. The third-order valence-electron chi connectivity index (χ3n) is 12.1. The summed E-state index contributed by atoms with van der Waals surface area (Å²) >= 11 is 0. The molecule has 0 aromatic heterocycles. The zero-order valence-electron chi connectivity index (χ0n) is 42.8. The van der Waals surface area contributed by atoms with Crippen LogP contribution in [0.15, 0.2) is 54.6 Å². The first-order valence-corrected chi connectivity index (χ1v) is 26.4. The fraction of sp³-hybridized carbons (Fsp3) is 0.667. The van der Waals surface area contributed by atoms with Gasteiger partial charge in [-0.15, -0.1) is 0 Å². The van der Waals surface area contributed by atoms with E-state index in [1.54, 1.807) is 41.5 Å². The van der Waals surface area contributed by atoms with Gasteiger partial charge in [0.2, 0.25) is 11.8 Å². The van der Waals surface area contributed by atoms with Gasteiger partial charge >= 0.3 is 18.2 Å². The molecule has 0 heterocycles. The molecule has 0 unspecified atom stereocenters. The average molecular weight is 937 g/mol. The molecular formula is C51H80N4O10Si. The van der Waals surface area contributed by atoms with Crippen molar-refractivity contribution >= 4 is 38.3 Å². The van der Waals surface area contributed by atoms with E-state index >= 15 is 0 Å². The van der Waals surface area contributed by atoms with Crippen LogP contribution in [-0.2, 0) is 39.4 Å². The first-order chi connectivity index (χ1) is 30.3. The highest BCUT2D eigenvalue weighted by Crippen LogP contribution is 2.50. The number of hydrogen-bond acceptors (Lipinski definition) is 10. The molecule has 2 fully saturated rings. The molecule has 2 aliphatic rings. The Kier molecular flexibility index (Phi) is 17.3. The second-order valence-corrected chi connectivity index (χ2v) is 27.7. The summed E-state index contributed by atoms with van der Waals surface area (Å²) < 4.78 is 29.7. The van der Waals surface area contributed by atoms with Crippen LogP contribution in [0, 0.1) is 17.8 Å². The molecule has 4 amide bonds. The van der Waals surface area contributed by atoms with Gasteiger partial charge < -0.3 is 39.3 Å². The van der Waals surface area contributed by atoms with Crippen LogP contribution in [-0.4, -0.2) is 104 Å². The fourth-order valence-corrected chi connectivity index (χ4v) is 9.24. The largest absolute Gasteiger partial charge is 0.488 e. The predicted octanol–water partition coefficient (Wildman–Crippen LogP) is 8.92. The molecule has 368 valence electrons. The van der Waals surface area contributed by atoms with Crippen LogP contribution in [0.1, 0.15) is 127 Å². The van der Waals surface area contributed by atoms with Gasteiger partial charge in [0.05, 0.1) is 25.3 Å². The minimum absolute atomic E-state index is 0.0370. The van der Waals surface area contributed by atoms with E-state index in [0.29, 0.717) is 18.6 Å². The quantitative estimate of drug-likeness (QED) is 0.0745. The molecule has 4 rings (SSSR count). The smallest absolute Gasteiger partial charge is 0.411 e. The second-order valence-electron chi connectivity index (χ2n) is 22.9. The Labute approximate surface area is 395 Å². The van der Waals surface area contributed by atoms with Gasteiger partial charge in [-0.2, -0.15) is 0 Å². The fourth-order valence-electron chi connectivity index (χ4n) is 7.87. The van der Waals surface area contributed by atoms with Gasteiger partial charge in [-0.3, -0.25) is 14.5 Å². The van der Waals surface area contributed by atoms with Gasteiger partial charge in [-0.1, -0.05) is 77.1 Å². The van der Waals surface area contributed by atoms with Crippen molar-refractivity contribution in [3.8, 4) is 5.75 Å². The van der Waals surface area contributed by atoms with Crippen molar-refractivity contribution in [3.05, 3.63) is 65.7 Å². The molecule has 0 bridgehead atoms. The summed E-state index contributed by atoms with van der Waals surface area (Å²) in [5, 5.41) is 8.97. The van der Waals surface area contributed by atoms with E-state index in [-0.39, 0.29) is 47.3 Å². The van der Waals surface area contributed by atoms with Gasteiger partial charge in [0.25, 0.3) is 0 Å². The van der Waals surface area contributed by atoms with E-state index in [2.05, 4.69) is 49.8 Å². The molecule has 2 aromatic carbocycles. The molecule has 15 heteroatoms. The summed E-state index contributed by atoms with van der Waals surface area (Å²) in [4.78, 5) is 70.8. The number of amides is 4. The number of esters is 1. The average Bonchev–Trinajstić information content (AvgIpc) is 4.10. The predicted molar refractivity (Wildman–Crippen MR) is 259 cm³/mol. The molecule has 0 aliphatic heterocycles. The minimum Gasteiger partial charge on any atom is -0.488 e. The first kappa shape index (κ1) is 54.0. The number of carbonyl (C=O) groups is 5. The van der Waals surface area contributed by atoms with Gasteiger partial charge in [0.15, 0.2) is 8.32 Å². The highest BCUT2D eigenvalue weighted by Gasteiger charge is 2.61. The Balaban J connectivity index is 1.61. The summed E-state index contributed by atoms with van der Waals surface area (Å²) in [5.74, 6) is -1.45. The molecule has 66 heavy (non-hydrogen) atoms. The Morgan fingerprint density at radius 1 is 0.803 bits per heavy atom. The van der Waals surface area contributed by atoms with Crippen LogP contribution in [0.5, 0.6) is 5.75 Å². The molecule has 14 nitrogen and oxygen atoms in total. The van der Waals surface area contributed by atoms with Crippen LogP contribution in [0.25, 0.3) is 0 Å². The number of nitrogens with one attached hydrogen (secondary N) is 3. The first-order valence-electron chi connectivity index (χ1n) is 23.5. The third kappa shape index (κ3) is 15.7. The van der Waals surface area contributed by atoms with E-state index in [0.717, 1.165) is 11.1 Å². The molecular weight excluding hydrogens is 857 g/mol. The molecule has 0 spiro atoms. The Morgan fingerprint density at radius 2 is 1.39 bits per heavy atom. The number of nitrogens with zero attached hydrogens (tertiary/aromatic N) is 1. The number of alkyl carbamates (subject to hydrolysis) is 1. The summed E-state index contributed by atoms with van der Waals surface area (Å²) in [6, 6.07) is 14.0. The molecule has 2 saturated carbocycles. The molecule has 2 aliphatic carbocycles. The zero-order valence-corrected chi connectivity index (χ0v) is 43.8. The van der Waals surface area contributed by atoms with Gasteiger partial charge in [0.1, 0.15) is 34.6 Å². The van der Waals surface area contributed by atoms with E-state index < -0.39 is 79.8 Å². The summed E-state index contributed by atoms with van der Waals surface area (Å²) in [6.45, 7) is 31.2. The lowest BCUT2D eigenvalue weighted by Crippen LogP contribution is -2.53. The zero-order chi connectivity index (χ0) is 49.7. The standard InChI is InChI=1S/C51H80N4O10Si/c1-31(2)27-38(45(58)61-15)55(47(60)64-50(9,10)11)42-40(33-21-19-18-20-22-33)41(42)54-43(56)36-29-35(36)39(65-66(16,17)51(12,13)14)30-52-44(57)37(53-46(59)63-49(6,7)8)28-32-23-25-34(26-24-32)62-48(3,4)5/h18-26,31,35-42H,27-30H2,1-17H3,(H,52,57)(H,53,59)(H,54,56)/t35-,36+,37-,38-,39-,40-,41-,42+/m0/s1. The lowest BCUT2D eigenvalue weighted by molar-refractivity contribution is -0.147. The number of benzene rings is 2. The molecule has 3 N–H and O–H groups in total. The third-order valence-corrected chi connectivity index (χ3v) is 16.6. The van der Waals surface area contributed by atoms with Crippen molar-refractivity contribution in [2.45, 2.75) is 187 Å². The van der Waals surface area contributed by atoms with Crippen LogP contribution in [0.4, 0.5) is 9.59 Å². The summed E-state index contributed by atoms with van der Waals surface area (Å²) in [7, 11) is -1.14. The maximum absolute atomic E-state index is 14.5. The molecule has 2 aromatic rings. The lowest BCUT2D eigenvalue weighted by Gasteiger charge is -2.39. The Hall–Kier alpha value is -4.63. The highest BCUT2D eigenvalue weighted by molar-refractivity contribution is 6.74. The van der Waals surface area contributed by atoms with Crippen LogP contribution < -0.4 is 20.7 Å². The van der Waals surface area contributed by atoms with Crippen LogP contribution in [0.2, 0.25) is 18.1 Å². The molecule has 0 saturated heterocycles. The van der Waals surface area contributed by atoms with Crippen molar-refractivity contribution in [1.29, 1.82) is 0 Å². The van der Waals surface area contributed by atoms with Crippen LogP contribution >= 0.6 is 0 Å². The summed E-state index contributed by atoms with van der Waals surface area (Å²) in [6.07, 6.45) is -0.860. The SMILES string of the molecule is COC(=O)[C@H](CC(C)C)N(C(=O)OC(C)(C)C)[C@H]1[C@@H](NC(=O)[C@@H]2C[C@@H]2[C@H](CNC(=O)[C@H](Cc2ccc(OC(C)(C)C)cc2)NC(=O)OC(C)(C)C)O[Si](C)(C)C(C)(C)C)[C@@H]1c1ccccc1. The highest BCUT2D eigenvalue weighted by atomic mass is 28.4. The second kappa shape index (κ2) is 21.1. The number of hydrogen-bond donors (Lipinski definition) is 3. The van der Waals surface area contributed by atoms with Gasteiger partial charge in [-0.25, -0.2) is 14.4 Å². The number of carbonyl (C=O) groups excluding carboxylic acids is 5. The van der Waals surface area contributed by atoms with Gasteiger partial charge in [0, 0.05) is 24.8 Å². The van der Waals surface area contributed by atoms with Crippen molar-refractivity contribution in [3.63, 3.8) is 0 Å². The van der Waals surface area contributed by atoms with Crippen LogP contribution in [0.3, 0.4) is 0 Å². The topological polar surface area (TPSA) is 171 Å². The van der Waals surface area contributed by atoms with Crippen molar-refractivity contribution in [2.24, 2.45) is 17.8 Å². The normalized spacial score (nSPS) is 21.1. The van der Waals surface area contributed by atoms with E-state index in [1.165, 1.54) is 12.0 Å². The monoisotopic (exact) mass is 937 g/mol. The lowest BCUT2D eigenvalue weighted by atomic mass is 10.0. The van der Waals surface area contributed by atoms with E-state index in [4.69, 9.17) is 23.4 Å². The van der Waals surface area contributed by atoms with Gasteiger partial charge in [-0.05, 0) is 128 Å². The van der Waals surface area contributed by atoms with Crippen molar-refractivity contribution < 1.29 is 47.3 Å². The van der Waals surface area contributed by atoms with E-state index in [1.807, 2.05) is 89.2 Å².